The van der Waals surface area contributed by atoms with Crippen molar-refractivity contribution in [3.8, 4) is 0 Å². The van der Waals surface area contributed by atoms with Crippen molar-refractivity contribution in [1.82, 2.24) is 5.32 Å². The van der Waals surface area contributed by atoms with Gasteiger partial charge in [0.1, 0.15) is 5.82 Å². The van der Waals surface area contributed by atoms with Gasteiger partial charge in [0.25, 0.3) is 0 Å². The summed E-state index contributed by atoms with van der Waals surface area (Å²) in [7, 11) is 0. The second kappa shape index (κ2) is 6.98. The number of nitrogens with one attached hydrogen (secondary N) is 1. The predicted molar refractivity (Wildman–Crippen MR) is 74.9 cm³/mol. The van der Waals surface area contributed by atoms with E-state index >= 15 is 0 Å². The standard InChI is InChI=1S/C14H17F4NOS/c1-2-19-13(12-8-21-6-5-20-12)9-3-4-11(15)10(7-9)14(16,17)18/h3-4,7,12-13,19H,2,5-6,8H2,1H3. The van der Waals surface area contributed by atoms with Gasteiger partial charge in [-0.15, -0.1) is 0 Å². The summed E-state index contributed by atoms with van der Waals surface area (Å²) >= 11 is 1.70. The number of likely N-dealkylation sites (N-methyl/N-ethyl adjacent to an activating group) is 1. The number of benzene rings is 1. The molecule has 0 amide bonds. The van der Waals surface area contributed by atoms with E-state index < -0.39 is 17.6 Å². The molecule has 0 saturated carbocycles. The molecule has 1 heterocycles. The first-order chi connectivity index (χ1) is 9.93. The van der Waals surface area contributed by atoms with Crippen molar-refractivity contribution >= 4 is 11.8 Å². The number of rotatable bonds is 4. The van der Waals surface area contributed by atoms with Crippen LogP contribution in [-0.2, 0) is 10.9 Å². The van der Waals surface area contributed by atoms with Crippen molar-refractivity contribution in [2.75, 3.05) is 24.7 Å². The molecule has 1 aliphatic rings. The first-order valence-corrected chi connectivity index (χ1v) is 7.88. The fraction of sp³-hybridized carbons (Fsp3) is 0.571. The molecule has 0 aromatic heterocycles. The van der Waals surface area contributed by atoms with Crippen LogP contribution in [-0.4, -0.2) is 30.8 Å². The molecule has 0 bridgehead atoms. The number of hydrogen-bond donors (Lipinski definition) is 1. The molecular weight excluding hydrogens is 306 g/mol. The average molecular weight is 323 g/mol. The lowest BCUT2D eigenvalue weighted by Gasteiger charge is -2.31. The molecule has 0 spiro atoms. The molecule has 0 radical (unpaired) electrons. The molecule has 2 unspecified atom stereocenters. The molecule has 118 valence electrons. The Morgan fingerprint density at radius 3 is 2.76 bits per heavy atom. The lowest BCUT2D eigenvalue weighted by Crippen LogP contribution is -2.38. The first-order valence-electron chi connectivity index (χ1n) is 6.73. The number of ether oxygens (including phenoxy) is 1. The summed E-state index contributed by atoms with van der Waals surface area (Å²) in [6.07, 6.45) is -4.91. The van der Waals surface area contributed by atoms with Gasteiger partial charge in [0.15, 0.2) is 0 Å². The van der Waals surface area contributed by atoms with Gasteiger partial charge >= 0.3 is 6.18 Å². The summed E-state index contributed by atoms with van der Waals surface area (Å²) in [5.41, 5.74) is -0.829. The normalized spacial score (nSPS) is 21.3. The van der Waals surface area contributed by atoms with Gasteiger partial charge in [0, 0.05) is 11.5 Å². The van der Waals surface area contributed by atoms with Crippen LogP contribution in [0.2, 0.25) is 0 Å². The van der Waals surface area contributed by atoms with E-state index in [4.69, 9.17) is 4.74 Å². The zero-order valence-corrected chi connectivity index (χ0v) is 12.4. The van der Waals surface area contributed by atoms with Crippen LogP contribution in [0.25, 0.3) is 0 Å². The minimum Gasteiger partial charge on any atom is -0.375 e. The highest BCUT2D eigenvalue weighted by Gasteiger charge is 2.35. The van der Waals surface area contributed by atoms with Crippen molar-refractivity contribution in [3.63, 3.8) is 0 Å². The largest absolute Gasteiger partial charge is 0.419 e. The Hall–Kier alpha value is -0.790. The Bertz CT molecular complexity index is 475. The molecule has 2 atom stereocenters. The van der Waals surface area contributed by atoms with Crippen molar-refractivity contribution in [2.45, 2.75) is 25.2 Å². The molecule has 2 rings (SSSR count). The van der Waals surface area contributed by atoms with Gasteiger partial charge < -0.3 is 10.1 Å². The van der Waals surface area contributed by atoms with E-state index in [9.17, 15) is 17.6 Å². The number of alkyl halides is 3. The van der Waals surface area contributed by atoms with E-state index in [0.717, 1.165) is 17.9 Å². The minimum atomic E-state index is -4.70. The fourth-order valence-electron chi connectivity index (χ4n) is 2.34. The first kappa shape index (κ1) is 16.6. The molecule has 2 nitrogen and oxygen atoms in total. The number of hydrogen-bond acceptors (Lipinski definition) is 3. The van der Waals surface area contributed by atoms with E-state index in [-0.39, 0.29) is 12.1 Å². The van der Waals surface area contributed by atoms with Gasteiger partial charge in [-0.3, -0.25) is 0 Å². The molecule has 21 heavy (non-hydrogen) atoms. The van der Waals surface area contributed by atoms with E-state index in [1.807, 2.05) is 6.92 Å². The van der Waals surface area contributed by atoms with Gasteiger partial charge in [0.2, 0.25) is 0 Å². The molecular formula is C14H17F4NOS. The van der Waals surface area contributed by atoms with Crippen LogP contribution >= 0.6 is 11.8 Å². The third-order valence-corrected chi connectivity index (χ3v) is 4.31. The summed E-state index contributed by atoms with van der Waals surface area (Å²) in [4.78, 5) is 0. The van der Waals surface area contributed by atoms with Gasteiger partial charge in [-0.05, 0) is 24.2 Å². The Balaban J connectivity index is 2.31. The highest BCUT2D eigenvalue weighted by molar-refractivity contribution is 7.99. The van der Waals surface area contributed by atoms with Crippen molar-refractivity contribution in [3.05, 3.63) is 35.1 Å². The molecule has 1 fully saturated rings. The molecule has 1 saturated heterocycles. The van der Waals surface area contributed by atoms with Crippen LogP contribution in [0.5, 0.6) is 0 Å². The molecule has 1 aromatic rings. The second-order valence-electron chi connectivity index (χ2n) is 4.76. The second-order valence-corrected chi connectivity index (χ2v) is 5.91. The molecule has 7 heteroatoms. The van der Waals surface area contributed by atoms with Crippen LogP contribution in [0.3, 0.4) is 0 Å². The molecule has 1 aliphatic heterocycles. The smallest absolute Gasteiger partial charge is 0.375 e. The number of thioether (sulfide) groups is 1. The van der Waals surface area contributed by atoms with Crippen molar-refractivity contribution in [1.29, 1.82) is 0 Å². The Kier molecular flexibility index (Phi) is 5.51. The van der Waals surface area contributed by atoms with Gasteiger partial charge in [-0.2, -0.15) is 24.9 Å². The molecule has 1 N–H and O–H groups in total. The van der Waals surface area contributed by atoms with Crippen LogP contribution in [0, 0.1) is 5.82 Å². The third kappa shape index (κ3) is 4.11. The van der Waals surface area contributed by atoms with E-state index in [1.54, 1.807) is 11.8 Å². The monoisotopic (exact) mass is 323 g/mol. The van der Waals surface area contributed by atoms with E-state index in [0.29, 0.717) is 24.5 Å². The summed E-state index contributed by atoms with van der Waals surface area (Å²) in [5, 5.41) is 3.14. The fourth-order valence-corrected chi connectivity index (χ4v) is 3.24. The van der Waals surface area contributed by atoms with E-state index in [1.165, 1.54) is 6.07 Å². The number of halogens is 4. The summed E-state index contributed by atoms with van der Waals surface area (Å²) < 4.78 is 57.5. The van der Waals surface area contributed by atoms with Gasteiger partial charge in [-0.25, -0.2) is 4.39 Å². The van der Waals surface area contributed by atoms with Crippen molar-refractivity contribution in [2.24, 2.45) is 0 Å². The zero-order chi connectivity index (χ0) is 15.5. The Morgan fingerprint density at radius 2 is 2.19 bits per heavy atom. The van der Waals surface area contributed by atoms with Gasteiger partial charge in [-0.1, -0.05) is 13.0 Å². The third-order valence-electron chi connectivity index (χ3n) is 3.29. The Morgan fingerprint density at radius 1 is 1.43 bits per heavy atom. The molecule has 1 aromatic carbocycles. The topological polar surface area (TPSA) is 21.3 Å². The Labute approximate surface area is 125 Å². The highest BCUT2D eigenvalue weighted by atomic mass is 32.2. The van der Waals surface area contributed by atoms with Crippen LogP contribution in [0.1, 0.15) is 24.1 Å². The predicted octanol–water partition coefficient (Wildman–Crippen LogP) is 3.63. The van der Waals surface area contributed by atoms with Crippen LogP contribution in [0.15, 0.2) is 18.2 Å². The molecule has 0 aliphatic carbocycles. The van der Waals surface area contributed by atoms with Crippen molar-refractivity contribution < 1.29 is 22.3 Å². The van der Waals surface area contributed by atoms with Crippen LogP contribution in [0.4, 0.5) is 17.6 Å². The summed E-state index contributed by atoms with van der Waals surface area (Å²) in [5.74, 6) is 0.337. The quantitative estimate of drug-likeness (QED) is 0.855. The summed E-state index contributed by atoms with van der Waals surface area (Å²) in [6.45, 7) is 3.04. The van der Waals surface area contributed by atoms with Crippen LogP contribution < -0.4 is 5.32 Å². The highest BCUT2D eigenvalue weighted by Crippen LogP contribution is 2.34. The average Bonchev–Trinajstić information content (AvgIpc) is 2.45. The summed E-state index contributed by atoms with van der Waals surface area (Å²) in [6, 6.07) is 2.77. The lowest BCUT2D eigenvalue weighted by atomic mass is 9.99. The maximum atomic E-state index is 13.4. The SMILES string of the molecule is CCNC(c1ccc(F)c(C(F)(F)F)c1)C1CSCCO1. The zero-order valence-electron chi connectivity index (χ0n) is 11.5. The maximum absolute atomic E-state index is 13.4. The minimum absolute atomic E-state index is 0.213. The van der Waals surface area contributed by atoms with Gasteiger partial charge in [0.05, 0.1) is 24.3 Å². The van der Waals surface area contributed by atoms with E-state index in [2.05, 4.69) is 5.32 Å². The maximum Gasteiger partial charge on any atom is 0.419 e. The lowest BCUT2D eigenvalue weighted by molar-refractivity contribution is -0.140.